The number of aliphatic hydroxyl groups is 1. The molecule has 132 valence electrons. The number of amides is 1. The van der Waals surface area contributed by atoms with E-state index in [1.807, 2.05) is 6.92 Å². The third kappa shape index (κ3) is 4.58. The maximum atomic E-state index is 12.6. The van der Waals surface area contributed by atoms with Gasteiger partial charge in [-0.3, -0.25) is 9.69 Å². The van der Waals surface area contributed by atoms with Gasteiger partial charge in [0, 0.05) is 6.54 Å². The Labute approximate surface area is 145 Å². The van der Waals surface area contributed by atoms with E-state index in [2.05, 4.69) is 41.4 Å². The minimum atomic E-state index is -0.289. The van der Waals surface area contributed by atoms with Crippen LogP contribution >= 0.6 is 0 Å². The number of nitrogens with zero attached hydrogens (tertiary/aromatic N) is 1. The minimum absolute atomic E-state index is 0.110. The van der Waals surface area contributed by atoms with Crippen molar-refractivity contribution in [1.29, 1.82) is 0 Å². The summed E-state index contributed by atoms with van der Waals surface area (Å²) in [6, 6.07) is 8.67. The zero-order valence-corrected chi connectivity index (χ0v) is 14.9. The molecule has 1 saturated heterocycles. The van der Waals surface area contributed by atoms with Crippen LogP contribution < -0.4 is 5.32 Å². The zero-order valence-electron chi connectivity index (χ0n) is 14.9. The second-order valence-corrected chi connectivity index (χ2v) is 7.67. The highest BCUT2D eigenvalue weighted by Crippen LogP contribution is 2.41. The van der Waals surface area contributed by atoms with Gasteiger partial charge in [-0.1, -0.05) is 29.8 Å². The van der Waals surface area contributed by atoms with Gasteiger partial charge in [0.15, 0.2) is 0 Å². The molecule has 0 bridgehead atoms. The Bertz CT molecular complexity index is 551. The molecule has 1 aromatic rings. The molecule has 3 rings (SSSR count). The van der Waals surface area contributed by atoms with Crippen LogP contribution in [0.5, 0.6) is 0 Å². The lowest BCUT2D eigenvalue weighted by Crippen LogP contribution is -2.45. The van der Waals surface area contributed by atoms with E-state index in [0.29, 0.717) is 18.4 Å². The summed E-state index contributed by atoms with van der Waals surface area (Å²) in [5.74, 6) is 0.991. The van der Waals surface area contributed by atoms with Crippen molar-refractivity contribution in [2.45, 2.75) is 51.7 Å². The maximum absolute atomic E-state index is 12.6. The molecule has 24 heavy (non-hydrogen) atoms. The molecule has 1 amide bonds. The van der Waals surface area contributed by atoms with E-state index in [9.17, 15) is 9.90 Å². The van der Waals surface area contributed by atoms with Crippen LogP contribution in [0.15, 0.2) is 24.3 Å². The Balaban J connectivity index is 1.57. The highest BCUT2D eigenvalue weighted by molar-refractivity contribution is 5.78. The topological polar surface area (TPSA) is 52.6 Å². The Morgan fingerprint density at radius 2 is 1.96 bits per heavy atom. The first-order valence-electron chi connectivity index (χ1n) is 9.29. The lowest BCUT2D eigenvalue weighted by molar-refractivity contribution is -0.123. The van der Waals surface area contributed by atoms with Crippen LogP contribution in [0.1, 0.15) is 49.8 Å². The van der Waals surface area contributed by atoms with Crippen LogP contribution in [0, 0.1) is 18.8 Å². The van der Waals surface area contributed by atoms with Gasteiger partial charge in [0.2, 0.25) is 5.91 Å². The number of carbonyl (C=O) groups is 1. The first-order valence-corrected chi connectivity index (χ1v) is 9.29. The van der Waals surface area contributed by atoms with Crippen molar-refractivity contribution in [2.75, 3.05) is 19.6 Å². The summed E-state index contributed by atoms with van der Waals surface area (Å²) in [5.41, 5.74) is 2.47. The molecule has 1 aliphatic carbocycles. The fourth-order valence-electron chi connectivity index (χ4n) is 3.73. The van der Waals surface area contributed by atoms with Crippen molar-refractivity contribution in [1.82, 2.24) is 10.2 Å². The highest BCUT2D eigenvalue weighted by atomic mass is 16.3. The van der Waals surface area contributed by atoms with Crippen LogP contribution in [0.25, 0.3) is 0 Å². The molecule has 0 spiro atoms. The second-order valence-electron chi connectivity index (χ2n) is 7.67. The first-order chi connectivity index (χ1) is 11.5. The molecule has 4 heteroatoms. The number of aliphatic hydroxyl groups excluding tert-OH is 1. The van der Waals surface area contributed by atoms with Crippen LogP contribution in [0.3, 0.4) is 0 Å². The number of likely N-dealkylation sites (tertiary alicyclic amines) is 1. The average molecular weight is 330 g/mol. The standard InChI is InChI=1S/C20H30N2O2/c1-14-5-7-16(8-6-14)20(17-9-10-17)21-19(24)13-22-11-3-4-18(12-22)15(2)23/h5-8,15,17-18,20,23H,3-4,9-13H2,1-2H3,(H,21,24). The summed E-state index contributed by atoms with van der Waals surface area (Å²) in [5, 5.41) is 13.1. The number of nitrogens with one attached hydrogen (secondary N) is 1. The lowest BCUT2D eigenvalue weighted by Gasteiger charge is -2.34. The van der Waals surface area contributed by atoms with Crippen LogP contribution in [-0.2, 0) is 4.79 Å². The fraction of sp³-hybridized carbons (Fsp3) is 0.650. The van der Waals surface area contributed by atoms with Gasteiger partial charge in [-0.25, -0.2) is 0 Å². The highest BCUT2D eigenvalue weighted by Gasteiger charge is 2.34. The third-order valence-electron chi connectivity index (χ3n) is 5.44. The number of hydrogen-bond acceptors (Lipinski definition) is 3. The third-order valence-corrected chi connectivity index (χ3v) is 5.44. The predicted octanol–water partition coefficient (Wildman–Crippen LogP) is 2.66. The Kier molecular flexibility index (Phi) is 5.57. The van der Waals surface area contributed by atoms with Gasteiger partial charge in [0.05, 0.1) is 18.7 Å². The second kappa shape index (κ2) is 7.66. The van der Waals surface area contributed by atoms with Crippen molar-refractivity contribution in [3.63, 3.8) is 0 Å². The van der Waals surface area contributed by atoms with Gasteiger partial charge in [0.1, 0.15) is 0 Å². The quantitative estimate of drug-likeness (QED) is 0.843. The van der Waals surface area contributed by atoms with E-state index in [4.69, 9.17) is 0 Å². The van der Waals surface area contributed by atoms with Gasteiger partial charge in [0.25, 0.3) is 0 Å². The molecule has 1 heterocycles. The van der Waals surface area contributed by atoms with Gasteiger partial charge in [-0.15, -0.1) is 0 Å². The summed E-state index contributed by atoms with van der Waals surface area (Å²) in [6.07, 6.45) is 4.23. The molecule has 3 atom stereocenters. The summed E-state index contributed by atoms with van der Waals surface area (Å²) in [6.45, 7) is 6.16. The van der Waals surface area contributed by atoms with Crippen LogP contribution in [-0.4, -0.2) is 41.7 Å². The van der Waals surface area contributed by atoms with E-state index in [1.165, 1.54) is 24.0 Å². The minimum Gasteiger partial charge on any atom is -0.393 e. The van der Waals surface area contributed by atoms with Gasteiger partial charge in [-0.2, -0.15) is 0 Å². The molecule has 3 unspecified atom stereocenters. The van der Waals surface area contributed by atoms with E-state index in [0.717, 1.165) is 25.9 Å². The van der Waals surface area contributed by atoms with E-state index < -0.39 is 0 Å². The molecule has 2 fully saturated rings. The first kappa shape index (κ1) is 17.4. The molecule has 4 nitrogen and oxygen atoms in total. The molecular formula is C20H30N2O2. The van der Waals surface area contributed by atoms with E-state index in [1.54, 1.807) is 0 Å². The Hall–Kier alpha value is -1.39. The Morgan fingerprint density at radius 1 is 1.25 bits per heavy atom. The lowest BCUT2D eigenvalue weighted by atomic mass is 9.93. The van der Waals surface area contributed by atoms with Crippen LogP contribution in [0.2, 0.25) is 0 Å². The van der Waals surface area contributed by atoms with Crippen molar-refractivity contribution in [2.24, 2.45) is 11.8 Å². The number of rotatable bonds is 6. The normalized spacial score (nSPS) is 24.4. The molecule has 2 N–H and O–H groups in total. The van der Waals surface area contributed by atoms with E-state index in [-0.39, 0.29) is 18.1 Å². The van der Waals surface area contributed by atoms with Gasteiger partial charge < -0.3 is 10.4 Å². The molecule has 1 saturated carbocycles. The molecule has 1 aromatic carbocycles. The Morgan fingerprint density at radius 3 is 2.58 bits per heavy atom. The summed E-state index contributed by atoms with van der Waals surface area (Å²) < 4.78 is 0. The number of piperidine rings is 1. The van der Waals surface area contributed by atoms with Gasteiger partial charge >= 0.3 is 0 Å². The number of carbonyl (C=O) groups excluding carboxylic acids is 1. The van der Waals surface area contributed by atoms with Crippen molar-refractivity contribution >= 4 is 5.91 Å². The largest absolute Gasteiger partial charge is 0.393 e. The van der Waals surface area contributed by atoms with Crippen molar-refractivity contribution in [3.05, 3.63) is 35.4 Å². The molecular weight excluding hydrogens is 300 g/mol. The van der Waals surface area contributed by atoms with Crippen molar-refractivity contribution < 1.29 is 9.90 Å². The average Bonchev–Trinajstić information content (AvgIpc) is 3.38. The van der Waals surface area contributed by atoms with E-state index >= 15 is 0 Å². The number of hydrogen-bond donors (Lipinski definition) is 2. The molecule has 2 aliphatic rings. The summed E-state index contributed by atoms with van der Waals surface area (Å²) >= 11 is 0. The number of benzene rings is 1. The van der Waals surface area contributed by atoms with Crippen molar-refractivity contribution in [3.8, 4) is 0 Å². The fourth-order valence-corrected chi connectivity index (χ4v) is 3.73. The molecule has 0 radical (unpaired) electrons. The van der Waals surface area contributed by atoms with Crippen LogP contribution in [0.4, 0.5) is 0 Å². The number of aryl methyl sites for hydroxylation is 1. The predicted molar refractivity (Wildman–Crippen MR) is 95.6 cm³/mol. The summed E-state index contributed by atoms with van der Waals surface area (Å²) in [4.78, 5) is 14.7. The molecule has 1 aliphatic heterocycles. The summed E-state index contributed by atoms with van der Waals surface area (Å²) in [7, 11) is 0. The van der Waals surface area contributed by atoms with Gasteiger partial charge in [-0.05, 0) is 63.5 Å². The zero-order chi connectivity index (χ0) is 17.1. The molecule has 0 aromatic heterocycles. The SMILES string of the molecule is Cc1ccc(C(NC(=O)CN2CCCC(C(C)O)C2)C2CC2)cc1. The monoisotopic (exact) mass is 330 g/mol. The maximum Gasteiger partial charge on any atom is 0.234 e. The smallest absolute Gasteiger partial charge is 0.234 e.